The first-order valence-electron chi connectivity index (χ1n) is 11.2. The quantitative estimate of drug-likeness (QED) is 0.434. The van der Waals surface area contributed by atoms with Gasteiger partial charge in [0.05, 0.1) is 23.1 Å². The highest BCUT2D eigenvalue weighted by atomic mass is 16.1. The lowest BCUT2D eigenvalue weighted by Crippen LogP contribution is -2.30. The van der Waals surface area contributed by atoms with E-state index >= 15 is 0 Å². The second-order valence-corrected chi connectivity index (χ2v) is 8.76. The summed E-state index contributed by atoms with van der Waals surface area (Å²) >= 11 is 0. The second-order valence-electron chi connectivity index (χ2n) is 8.76. The molecule has 3 heterocycles. The molecule has 1 amide bonds. The molecule has 8 heteroatoms. The van der Waals surface area contributed by atoms with Crippen LogP contribution in [0.15, 0.2) is 24.7 Å². The number of nitrogens with two attached hydrogens (primary N) is 2. The van der Waals surface area contributed by atoms with Gasteiger partial charge in [0, 0.05) is 37.7 Å². The summed E-state index contributed by atoms with van der Waals surface area (Å²) in [4.78, 5) is 26.3. The van der Waals surface area contributed by atoms with Gasteiger partial charge in [-0.05, 0) is 43.9 Å². The zero-order chi connectivity index (χ0) is 22.4. The number of pyridine rings is 2. The first-order chi connectivity index (χ1) is 14.9. The van der Waals surface area contributed by atoms with Crippen molar-refractivity contribution in [2.75, 3.05) is 13.1 Å². The van der Waals surface area contributed by atoms with E-state index in [-0.39, 0.29) is 17.9 Å². The molecule has 5 N–H and O–H groups in total. The summed E-state index contributed by atoms with van der Waals surface area (Å²) in [6.07, 6.45) is 6.52. The van der Waals surface area contributed by atoms with E-state index in [1.807, 2.05) is 18.5 Å². The number of imidazole rings is 1. The van der Waals surface area contributed by atoms with Gasteiger partial charge in [0.1, 0.15) is 11.0 Å². The third-order valence-electron chi connectivity index (χ3n) is 5.59. The van der Waals surface area contributed by atoms with Gasteiger partial charge >= 0.3 is 0 Å². The normalized spacial score (nSPS) is 13.7. The SMILES string of the molecule is CC(C)CC(N)CCC(=O)NCCn1cnc2c(C(C)CCN)nc3cccnc3c21. The molecule has 0 fully saturated rings. The topological polar surface area (TPSA) is 125 Å². The van der Waals surface area contributed by atoms with Gasteiger partial charge in [0.25, 0.3) is 0 Å². The minimum Gasteiger partial charge on any atom is -0.354 e. The van der Waals surface area contributed by atoms with Crippen LogP contribution in [0.3, 0.4) is 0 Å². The number of hydrogen-bond donors (Lipinski definition) is 3. The van der Waals surface area contributed by atoms with Crippen molar-refractivity contribution in [1.29, 1.82) is 0 Å². The van der Waals surface area contributed by atoms with Crippen LogP contribution in [0.4, 0.5) is 0 Å². The van der Waals surface area contributed by atoms with Gasteiger partial charge in [-0.2, -0.15) is 0 Å². The first kappa shape index (κ1) is 23.1. The predicted octanol–water partition coefficient (Wildman–Crippen LogP) is 2.70. The Morgan fingerprint density at radius 3 is 2.74 bits per heavy atom. The van der Waals surface area contributed by atoms with Gasteiger partial charge in [0.15, 0.2) is 0 Å². The molecule has 0 saturated heterocycles. The summed E-state index contributed by atoms with van der Waals surface area (Å²) < 4.78 is 2.05. The summed E-state index contributed by atoms with van der Waals surface area (Å²) in [5, 5.41) is 3.00. The van der Waals surface area contributed by atoms with Crippen LogP contribution in [0, 0.1) is 5.92 Å². The Morgan fingerprint density at radius 2 is 2.00 bits per heavy atom. The Morgan fingerprint density at radius 1 is 1.19 bits per heavy atom. The van der Waals surface area contributed by atoms with Crippen LogP contribution in [0.2, 0.25) is 0 Å². The van der Waals surface area contributed by atoms with Crippen molar-refractivity contribution in [2.24, 2.45) is 17.4 Å². The Balaban J connectivity index is 1.72. The van der Waals surface area contributed by atoms with E-state index in [1.165, 1.54) is 0 Å². The summed E-state index contributed by atoms with van der Waals surface area (Å²) in [6, 6.07) is 3.94. The fourth-order valence-electron chi connectivity index (χ4n) is 4.01. The van der Waals surface area contributed by atoms with E-state index in [0.717, 1.165) is 40.6 Å². The van der Waals surface area contributed by atoms with Crippen LogP contribution in [0.1, 0.15) is 58.1 Å². The summed E-state index contributed by atoms with van der Waals surface area (Å²) in [7, 11) is 0. The molecule has 0 bridgehead atoms. The first-order valence-corrected chi connectivity index (χ1v) is 11.2. The summed E-state index contributed by atoms with van der Waals surface area (Å²) in [6.45, 7) is 8.15. The van der Waals surface area contributed by atoms with Gasteiger partial charge in [0.2, 0.25) is 5.91 Å². The molecule has 31 heavy (non-hydrogen) atoms. The molecule has 0 aliphatic carbocycles. The molecule has 3 aromatic heterocycles. The average Bonchev–Trinajstić information content (AvgIpc) is 3.15. The number of aromatic nitrogens is 4. The molecule has 0 aliphatic heterocycles. The van der Waals surface area contributed by atoms with Crippen molar-refractivity contribution >= 4 is 28.0 Å². The average molecular weight is 426 g/mol. The maximum atomic E-state index is 12.2. The fraction of sp³-hybridized carbons (Fsp3) is 0.565. The molecular weight excluding hydrogens is 390 g/mol. The highest BCUT2D eigenvalue weighted by molar-refractivity contribution is 6.00. The van der Waals surface area contributed by atoms with Crippen LogP contribution in [0.25, 0.3) is 22.1 Å². The lowest BCUT2D eigenvalue weighted by atomic mass is 10.0. The molecule has 3 aromatic rings. The Hall–Kier alpha value is -2.58. The van der Waals surface area contributed by atoms with Crippen LogP contribution in [0.5, 0.6) is 0 Å². The molecule has 0 radical (unpaired) electrons. The monoisotopic (exact) mass is 425 g/mol. The molecule has 168 valence electrons. The zero-order valence-electron chi connectivity index (χ0n) is 18.8. The van der Waals surface area contributed by atoms with Gasteiger partial charge < -0.3 is 21.4 Å². The predicted molar refractivity (Wildman–Crippen MR) is 125 cm³/mol. The van der Waals surface area contributed by atoms with E-state index in [4.69, 9.17) is 16.5 Å². The van der Waals surface area contributed by atoms with Gasteiger partial charge in [-0.3, -0.25) is 9.78 Å². The number of fused-ring (bicyclic) bond motifs is 3. The molecular formula is C23H35N7O. The molecule has 3 rings (SSSR count). The van der Waals surface area contributed by atoms with E-state index in [2.05, 4.69) is 40.6 Å². The van der Waals surface area contributed by atoms with Crippen LogP contribution >= 0.6 is 0 Å². The second kappa shape index (κ2) is 10.6. The molecule has 0 aliphatic rings. The van der Waals surface area contributed by atoms with Crippen molar-refractivity contribution in [3.8, 4) is 0 Å². The van der Waals surface area contributed by atoms with Crippen LogP contribution in [-0.4, -0.2) is 44.6 Å². The molecule has 0 aromatic carbocycles. The fourth-order valence-corrected chi connectivity index (χ4v) is 4.01. The van der Waals surface area contributed by atoms with Crippen molar-refractivity contribution in [2.45, 2.75) is 65.0 Å². The number of hydrogen-bond acceptors (Lipinski definition) is 6. The maximum Gasteiger partial charge on any atom is 0.220 e. The highest BCUT2D eigenvalue weighted by Gasteiger charge is 2.18. The Labute approximate surface area is 183 Å². The number of nitrogens with one attached hydrogen (secondary N) is 1. The number of amides is 1. The van der Waals surface area contributed by atoms with Crippen molar-refractivity contribution < 1.29 is 4.79 Å². The minimum atomic E-state index is 0.0329. The van der Waals surface area contributed by atoms with Crippen LogP contribution < -0.4 is 16.8 Å². The summed E-state index contributed by atoms with van der Waals surface area (Å²) in [5.74, 6) is 0.781. The van der Waals surface area contributed by atoms with Gasteiger partial charge in [-0.15, -0.1) is 0 Å². The summed E-state index contributed by atoms with van der Waals surface area (Å²) in [5.41, 5.74) is 16.3. The van der Waals surface area contributed by atoms with E-state index in [9.17, 15) is 4.79 Å². The lowest BCUT2D eigenvalue weighted by molar-refractivity contribution is -0.121. The van der Waals surface area contributed by atoms with Gasteiger partial charge in [-0.25, -0.2) is 9.97 Å². The minimum absolute atomic E-state index is 0.0329. The number of carbonyl (C=O) groups excluding carboxylic acids is 1. The standard InChI is InChI=1S/C23H35N7O/c1-15(2)13-17(25)6-7-19(31)26-11-12-30-14-28-22-20(16(3)8-9-24)29-18-5-4-10-27-21(18)23(22)30/h4-5,10,14-17H,6-9,11-13,24-25H2,1-3H3,(H,26,31). The van der Waals surface area contributed by atoms with Crippen molar-refractivity contribution in [3.63, 3.8) is 0 Å². The van der Waals surface area contributed by atoms with Gasteiger partial charge in [-0.1, -0.05) is 20.8 Å². The Kier molecular flexibility index (Phi) is 7.92. The molecule has 0 saturated carbocycles. The van der Waals surface area contributed by atoms with E-state index < -0.39 is 0 Å². The smallest absolute Gasteiger partial charge is 0.220 e. The lowest BCUT2D eigenvalue weighted by Gasteiger charge is -2.14. The molecule has 2 unspecified atom stereocenters. The van der Waals surface area contributed by atoms with E-state index in [0.29, 0.717) is 38.4 Å². The number of nitrogens with zero attached hydrogens (tertiary/aromatic N) is 4. The van der Waals surface area contributed by atoms with Crippen LogP contribution in [-0.2, 0) is 11.3 Å². The maximum absolute atomic E-state index is 12.2. The van der Waals surface area contributed by atoms with E-state index in [1.54, 1.807) is 6.20 Å². The molecule has 0 spiro atoms. The van der Waals surface area contributed by atoms with Crippen molar-refractivity contribution in [1.82, 2.24) is 24.8 Å². The third-order valence-corrected chi connectivity index (χ3v) is 5.59. The number of carbonyl (C=O) groups is 1. The molecule has 2 atom stereocenters. The zero-order valence-corrected chi connectivity index (χ0v) is 18.8. The molecule has 8 nitrogen and oxygen atoms in total. The Bertz CT molecular complexity index is 1010. The van der Waals surface area contributed by atoms with Crippen molar-refractivity contribution in [3.05, 3.63) is 30.4 Å². The number of rotatable bonds is 11. The largest absolute Gasteiger partial charge is 0.354 e. The third kappa shape index (κ3) is 5.77. The highest BCUT2D eigenvalue weighted by Crippen LogP contribution is 2.29.